The lowest BCUT2D eigenvalue weighted by Gasteiger charge is -2.08. The van der Waals surface area contributed by atoms with Gasteiger partial charge in [-0.2, -0.15) is 0 Å². The maximum Gasteiger partial charge on any atom is 0.153 e. The van der Waals surface area contributed by atoms with E-state index in [9.17, 15) is 4.79 Å². The Balaban J connectivity index is 2.15. The molecule has 1 aliphatic carbocycles. The van der Waals surface area contributed by atoms with Gasteiger partial charge in [-0.25, -0.2) is 0 Å². The third-order valence-corrected chi connectivity index (χ3v) is 2.69. The van der Waals surface area contributed by atoms with Crippen LogP contribution in [-0.4, -0.2) is 13.4 Å². The lowest BCUT2D eigenvalue weighted by atomic mass is 10.1. The van der Waals surface area contributed by atoms with Crippen molar-refractivity contribution in [2.75, 3.05) is 7.11 Å². The SMILES string of the molecule is COC(C=O)c1ccc(C2CC2)cc1. The van der Waals surface area contributed by atoms with Crippen LogP contribution in [0, 0.1) is 0 Å². The van der Waals surface area contributed by atoms with Crippen molar-refractivity contribution in [3.05, 3.63) is 35.4 Å². The molecule has 2 heteroatoms. The first kappa shape index (κ1) is 9.41. The first-order valence-corrected chi connectivity index (χ1v) is 4.93. The van der Waals surface area contributed by atoms with Crippen LogP contribution in [0.3, 0.4) is 0 Å². The third kappa shape index (κ3) is 1.85. The summed E-state index contributed by atoms with van der Waals surface area (Å²) < 4.78 is 5.03. The van der Waals surface area contributed by atoms with E-state index in [4.69, 9.17) is 4.74 Å². The van der Waals surface area contributed by atoms with Crippen LogP contribution in [0.5, 0.6) is 0 Å². The van der Waals surface area contributed by atoms with E-state index < -0.39 is 6.10 Å². The molecule has 14 heavy (non-hydrogen) atoms. The number of carbonyl (C=O) groups excluding carboxylic acids is 1. The van der Waals surface area contributed by atoms with Crippen molar-refractivity contribution in [1.29, 1.82) is 0 Å². The Morgan fingerprint density at radius 2 is 2.00 bits per heavy atom. The van der Waals surface area contributed by atoms with Crippen molar-refractivity contribution in [3.63, 3.8) is 0 Å². The van der Waals surface area contributed by atoms with E-state index in [0.717, 1.165) is 17.8 Å². The molecule has 74 valence electrons. The van der Waals surface area contributed by atoms with Gasteiger partial charge in [0.25, 0.3) is 0 Å². The molecule has 1 saturated carbocycles. The van der Waals surface area contributed by atoms with Crippen LogP contribution in [-0.2, 0) is 9.53 Å². The fraction of sp³-hybridized carbons (Fsp3) is 0.417. The number of carbonyl (C=O) groups is 1. The second-order valence-corrected chi connectivity index (χ2v) is 3.73. The molecule has 1 aliphatic rings. The van der Waals surface area contributed by atoms with Crippen molar-refractivity contribution in [3.8, 4) is 0 Å². The quantitative estimate of drug-likeness (QED) is 0.682. The lowest BCUT2D eigenvalue weighted by Crippen LogP contribution is -2.02. The summed E-state index contributed by atoms with van der Waals surface area (Å²) >= 11 is 0. The van der Waals surface area contributed by atoms with Gasteiger partial charge in [0.1, 0.15) is 6.10 Å². The summed E-state index contributed by atoms with van der Waals surface area (Å²) in [5.74, 6) is 0.765. The van der Waals surface area contributed by atoms with Gasteiger partial charge in [-0.1, -0.05) is 24.3 Å². The van der Waals surface area contributed by atoms with Gasteiger partial charge in [0.2, 0.25) is 0 Å². The molecule has 1 aromatic rings. The predicted octanol–water partition coefficient (Wildman–Crippen LogP) is 2.45. The van der Waals surface area contributed by atoms with Gasteiger partial charge in [-0.05, 0) is 29.9 Å². The molecule has 0 N–H and O–H groups in total. The zero-order chi connectivity index (χ0) is 9.97. The maximum atomic E-state index is 10.6. The van der Waals surface area contributed by atoms with Gasteiger partial charge >= 0.3 is 0 Å². The van der Waals surface area contributed by atoms with E-state index in [2.05, 4.69) is 12.1 Å². The van der Waals surface area contributed by atoms with Crippen LogP contribution < -0.4 is 0 Å². The van der Waals surface area contributed by atoms with E-state index in [1.165, 1.54) is 18.4 Å². The number of hydrogen-bond acceptors (Lipinski definition) is 2. The standard InChI is InChI=1S/C12H14O2/c1-14-12(8-13)11-6-4-10(5-7-11)9-2-3-9/h4-9,12H,2-3H2,1H3. The summed E-state index contributed by atoms with van der Waals surface area (Å²) in [6, 6.07) is 8.16. The normalized spacial score (nSPS) is 17.8. The fourth-order valence-corrected chi connectivity index (χ4v) is 1.64. The van der Waals surface area contributed by atoms with Gasteiger partial charge in [-0.3, -0.25) is 0 Å². The molecule has 1 fully saturated rings. The summed E-state index contributed by atoms with van der Waals surface area (Å²) in [7, 11) is 1.55. The van der Waals surface area contributed by atoms with Gasteiger partial charge in [0.15, 0.2) is 6.29 Å². The Bertz CT molecular complexity index is 312. The third-order valence-electron chi connectivity index (χ3n) is 2.69. The van der Waals surface area contributed by atoms with E-state index in [-0.39, 0.29) is 0 Å². The topological polar surface area (TPSA) is 26.3 Å². The van der Waals surface area contributed by atoms with Gasteiger partial charge < -0.3 is 9.53 Å². The van der Waals surface area contributed by atoms with Crippen LogP contribution in [0.15, 0.2) is 24.3 Å². The van der Waals surface area contributed by atoms with Gasteiger partial charge in [0, 0.05) is 7.11 Å². The summed E-state index contributed by atoms with van der Waals surface area (Å²) in [6.45, 7) is 0. The number of aldehydes is 1. The van der Waals surface area contributed by atoms with Gasteiger partial charge in [0.05, 0.1) is 0 Å². The zero-order valence-corrected chi connectivity index (χ0v) is 8.27. The highest BCUT2D eigenvalue weighted by Crippen LogP contribution is 2.40. The minimum atomic E-state index is -0.414. The Labute approximate surface area is 83.9 Å². The molecule has 0 bridgehead atoms. The first-order chi connectivity index (χ1) is 6.85. The molecule has 0 aromatic heterocycles. The van der Waals surface area contributed by atoms with Crippen LogP contribution in [0.2, 0.25) is 0 Å². The molecule has 1 aromatic carbocycles. The number of benzene rings is 1. The highest BCUT2D eigenvalue weighted by Gasteiger charge is 2.23. The number of methoxy groups -OCH3 is 1. The lowest BCUT2D eigenvalue weighted by molar-refractivity contribution is -0.116. The summed E-state index contributed by atoms with van der Waals surface area (Å²) in [6.07, 6.45) is 3.02. The van der Waals surface area contributed by atoms with Crippen molar-refractivity contribution in [1.82, 2.24) is 0 Å². The van der Waals surface area contributed by atoms with E-state index >= 15 is 0 Å². The largest absolute Gasteiger partial charge is 0.369 e. The average Bonchev–Trinajstić information content (AvgIpc) is 3.04. The first-order valence-electron chi connectivity index (χ1n) is 4.93. The molecular formula is C12H14O2. The van der Waals surface area contributed by atoms with Crippen molar-refractivity contribution in [2.24, 2.45) is 0 Å². The number of ether oxygens (including phenoxy) is 1. The van der Waals surface area contributed by atoms with Crippen molar-refractivity contribution in [2.45, 2.75) is 24.9 Å². The number of rotatable bonds is 4. The van der Waals surface area contributed by atoms with E-state index in [0.29, 0.717) is 0 Å². The molecule has 1 unspecified atom stereocenters. The van der Waals surface area contributed by atoms with Crippen LogP contribution in [0.1, 0.15) is 36.0 Å². The molecular weight excluding hydrogens is 176 g/mol. The maximum absolute atomic E-state index is 10.6. The zero-order valence-electron chi connectivity index (χ0n) is 8.27. The summed E-state index contributed by atoms with van der Waals surface area (Å²) in [4.78, 5) is 10.6. The molecule has 0 heterocycles. The van der Waals surface area contributed by atoms with Crippen molar-refractivity contribution >= 4 is 6.29 Å². The Hall–Kier alpha value is -1.15. The second kappa shape index (κ2) is 3.93. The van der Waals surface area contributed by atoms with E-state index in [1.807, 2.05) is 12.1 Å². The van der Waals surface area contributed by atoms with Crippen LogP contribution in [0.4, 0.5) is 0 Å². The molecule has 0 aliphatic heterocycles. The molecule has 0 amide bonds. The minimum Gasteiger partial charge on any atom is -0.369 e. The Morgan fingerprint density at radius 1 is 1.36 bits per heavy atom. The van der Waals surface area contributed by atoms with Crippen LogP contribution >= 0.6 is 0 Å². The summed E-state index contributed by atoms with van der Waals surface area (Å²) in [5, 5.41) is 0. The highest BCUT2D eigenvalue weighted by molar-refractivity contribution is 5.60. The highest BCUT2D eigenvalue weighted by atomic mass is 16.5. The average molecular weight is 190 g/mol. The Morgan fingerprint density at radius 3 is 2.43 bits per heavy atom. The molecule has 2 rings (SSSR count). The predicted molar refractivity (Wildman–Crippen MR) is 54.2 cm³/mol. The monoisotopic (exact) mass is 190 g/mol. The number of hydrogen-bond donors (Lipinski definition) is 0. The van der Waals surface area contributed by atoms with Crippen molar-refractivity contribution < 1.29 is 9.53 Å². The fourth-order valence-electron chi connectivity index (χ4n) is 1.64. The molecule has 0 radical (unpaired) electrons. The Kier molecular flexibility index (Phi) is 2.64. The molecule has 0 spiro atoms. The second-order valence-electron chi connectivity index (χ2n) is 3.73. The smallest absolute Gasteiger partial charge is 0.153 e. The molecule has 0 saturated heterocycles. The summed E-state index contributed by atoms with van der Waals surface area (Å²) in [5.41, 5.74) is 2.32. The van der Waals surface area contributed by atoms with Crippen LogP contribution in [0.25, 0.3) is 0 Å². The van der Waals surface area contributed by atoms with Gasteiger partial charge in [-0.15, -0.1) is 0 Å². The minimum absolute atomic E-state index is 0.414. The molecule has 2 nitrogen and oxygen atoms in total. The molecule has 1 atom stereocenters. The van der Waals surface area contributed by atoms with E-state index in [1.54, 1.807) is 7.11 Å².